The van der Waals surface area contributed by atoms with Crippen LogP contribution < -0.4 is 0 Å². The summed E-state index contributed by atoms with van der Waals surface area (Å²) in [7, 11) is 1.76. The van der Waals surface area contributed by atoms with E-state index in [9.17, 15) is 4.79 Å². The monoisotopic (exact) mass is 410 g/mol. The van der Waals surface area contributed by atoms with Crippen molar-refractivity contribution in [2.45, 2.75) is 6.54 Å². The molecule has 0 saturated carbocycles. The quantitative estimate of drug-likeness (QED) is 0.690. The number of aromatic nitrogens is 3. The molecule has 0 aliphatic rings. The molecular weight excluding hydrogens is 400 g/mol. The molecule has 21 heavy (non-hydrogen) atoms. The van der Waals surface area contributed by atoms with Crippen LogP contribution in [-0.2, 0) is 6.54 Å². The summed E-state index contributed by atoms with van der Waals surface area (Å²) >= 11 is 6.93. The van der Waals surface area contributed by atoms with Gasteiger partial charge in [0.15, 0.2) is 0 Å². The van der Waals surface area contributed by atoms with Crippen molar-refractivity contribution in [3.8, 4) is 0 Å². The highest BCUT2D eigenvalue weighted by atomic mass is 79.9. The van der Waals surface area contributed by atoms with E-state index in [1.54, 1.807) is 30.5 Å². The first-order valence-corrected chi connectivity index (χ1v) is 7.84. The Balaban J connectivity index is 1.92. The zero-order valence-corrected chi connectivity index (χ0v) is 14.3. The van der Waals surface area contributed by atoms with Gasteiger partial charge in [0.1, 0.15) is 5.82 Å². The van der Waals surface area contributed by atoms with E-state index in [0.29, 0.717) is 12.1 Å². The van der Waals surface area contributed by atoms with Gasteiger partial charge >= 0.3 is 0 Å². The Morgan fingerprint density at radius 1 is 1.29 bits per heavy atom. The van der Waals surface area contributed by atoms with Crippen molar-refractivity contribution in [1.29, 1.82) is 0 Å². The van der Waals surface area contributed by atoms with Gasteiger partial charge in [-0.2, -0.15) is 0 Å². The largest absolute Gasteiger partial charge is 0.360 e. The second-order valence-electron chi connectivity index (χ2n) is 4.71. The van der Waals surface area contributed by atoms with Gasteiger partial charge in [-0.25, -0.2) is 4.98 Å². The van der Waals surface area contributed by atoms with Gasteiger partial charge in [0.2, 0.25) is 0 Å². The van der Waals surface area contributed by atoms with Crippen LogP contribution in [0.15, 0.2) is 39.7 Å². The van der Waals surface area contributed by atoms with Crippen LogP contribution in [0.1, 0.15) is 16.2 Å². The number of carbonyl (C=O) groups excluding carboxylic acids is 1. The number of rotatable bonds is 3. The Kier molecular flexibility index (Phi) is 3.86. The fourth-order valence-corrected chi connectivity index (χ4v) is 2.87. The molecular formula is C14H12Br2N4O. The number of hydrogen-bond donors (Lipinski definition) is 2. The van der Waals surface area contributed by atoms with E-state index in [0.717, 1.165) is 25.7 Å². The molecule has 0 atom stereocenters. The number of halogens is 2. The summed E-state index contributed by atoms with van der Waals surface area (Å²) in [5.41, 5.74) is 1.56. The highest BCUT2D eigenvalue weighted by Gasteiger charge is 2.18. The molecule has 2 N–H and O–H groups in total. The van der Waals surface area contributed by atoms with Gasteiger partial charge in [-0.1, -0.05) is 0 Å². The summed E-state index contributed by atoms with van der Waals surface area (Å²) < 4.78 is 1.86. The maximum Gasteiger partial charge on any atom is 0.256 e. The predicted octanol–water partition coefficient (Wildman–Crippen LogP) is 3.69. The third kappa shape index (κ3) is 2.75. The molecule has 0 fully saturated rings. The number of imidazole rings is 1. The van der Waals surface area contributed by atoms with Gasteiger partial charge in [0.25, 0.3) is 5.91 Å². The van der Waals surface area contributed by atoms with Crippen molar-refractivity contribution in [2.24, 2.45) is 0 Å². The first-order valence-electron chi connectivity index (χ1n) is 6.26. The fourth-order valence-electron chi connectivity index (χ4n) is 2.18. The van der Waals surface area contributed by atoms with Crippen molar-refractivity contribution in [3.63, 3.8) is 0 Å². The van der Waals surface area contributed by atoms with Crippen LogP contribution in [0.3, 0.4) is 0 Å². The average molecular weight is 412 g/mol. The summed E-state index contributed by atoms with van der Waals surface area (Å²) in [5, 5.41) is 0.890. The predicted molar refractivity (Wildman–Crippen MR) is 88.1 cm³/mol. The molecule has 2 heterocycles. The van der Waals surface area contributed by atoms with E-state index < -0.39 is 0 Å². The Morgan fingerprint density at radius 2 is 2.05 bits per heavy atom. The molecule has 0 aliphatic carbocycles. The van der Waals surface area contributed by atoms with E-state index in [1.807, 2.05) is 12.1 Å². The van der Waals surface area contributed by atoms with Gasteiger partial charge < -0.3 is 14.9 Å². The molecule has 7 heteroatoms. The van der Waals surface area contributed by atoms with E-state index >= 15 is 0 Å². The smallest absolute Gasteiger partial charge is 0.256 e. The number of benzene rings is 1. The van der Waals surface area contributed by atoms with Crippen LogP contribution in [-0.4, -0.2) is 32.8 Å². The van der Waals surface area contributed by atoms with Crippen molar-refractivity contribution in [2.75, 3.05) is 7.05 Å². The number of aromatic amines is 2. The summed E-state index contributed by atoms with van der Waals surface area (Å²) in [6, 6.07) is 3.88. The SMILES string of the molecule is CN(Cc1ncc[nH]1)C(=O)c1c[nH]c2cc(Br)c(Br)cc12. The topological polar surface area (TPSA) is 64.8 Å². The minimum atomic E-state index is -0.0492. The molecule has 5 nitrogen and oxygen atoms in total. The maximum atomic E-state index is 12.6. The van der Waals surface area contributed by atoms with Crippen molar-refractivity contribution in [3.05, 3.63) is 51.1 Å². The molecule has 0 bridgehead atoms. The minimum Gasteiger partial charge on any atom is -0.360 e. The standard InChI is InChI=1S/C14H12Br2N4O/c1-20(7-13-17-2-3-18-13)14(21)9-6-19-12-5-11(16)10(15)4-8(9)12/h2-6,19H,7H2,1H3,(H,17,18). The molecule has 3 aromatic rings. The molecule has 0 spiro atoms. The number of H-pyrrole nitrogens is 2. The zero-order valence-electron chi connectivity index (χ0n) is 11.2. The van der Waals surface area contributed by atoms with Crippen molar-refractivity contribution >= 4 is 48.7 Å². The second kappa shape index (κ2) is 5.65. The number of nitrogens with one attached hydrogen (secondary N) is 2. The Labute approximate surface area is 138 Å². The Hall–Kier alpha value is -1.60. The number of amides is 1. The molecule has 0 aliphatic heterocycles. The summed E-state index contributed by atoms with van der Waals surface area (Å²) in [6.07, 6.45) is 5.16. The number of hydrogen-bond acceptors (Lipinski definition) is 2. The first-order chi connectivity index (χ1) is 10.1. The van der Waals surface area contributed by atoms with Crippen LogP contribution >= 0.6 is 31.9 Å². The molecule has 0 radical (unpaired) electrons. The van der Waals surface area contributed by atoms with Crippen molar-refractivity contribution in [1.82, 2.24) is 19.9 Å². The lowest BCUT2D eigenvalue weighted by atomic mass is 10.1. The van der Waals surface area contributed by atoms with Crippen LogP contribution in [0, 0.1) is 0 Å². The van der Waals surface area contributed by atoms with E-state index in [4.69, 9.17) is 0 Å². The normalized spacial score (nSPS) is 11.0. The summed E-state index contributed by atoms with van der Waals surface area (Å²) in [6.45, 7) is 0.441. The zero-order chi connectivity index (χ0) is 15.0. The van der Waals surface area contributed by atoms with Crippen LogP contribution in [0.4, 0.5) is 0 Å². The van der Waals surface area contributed by atoms with Gasteiger partial charge in [0.05, 0.1) is 12.1 Å². The minimum absolute atomic E-state index is 0.0492. The molecule has 3 rings (SSSR count). The highest BCUT2D eigenvalue weighted by Crippen LogP contribution is 2.30. The number of nitrogens with zero attached hydrogens (tertiary/aromatic N) is 2. The van der Waals surface area contributed by atoms with E-state index in [-0.39, 0.29) is 5.91 Å². The Morgan fingerprint density at radius 3 is 2.76 bits per heavy atom. The molecule has 2 aromatic heterocycles. The third-order valence-electron chi connectivity index (χ3n) is 3.24. The fraction of sp³-hybridized carbons (Fsp3) is 0.143. The first kappa shape index (κ1) is 14.3. The lowest BCUT2D eigenvalue weighted by Crippen LogP contribution is -2.26. The highest BCUT2D eigenvalue weighted by molar-refractivity contribution is 9.13. The maximum absolute atomic E-state index is 12.6. The lowest BCUT2D eigenvalue weighted by Gasteiger charge is -2.15. The van der Waals surface area contributed by atoms with Crippen LogP contribution in [0.2, 0.25) is 0 Å². The molecule has 0 saturated heterocycles. The van der Waals surface area contributed by atoms with Gasteiger partial charge in [-0.05, 0) is 44.0 Å². The second-order valence-corrected chi connectivity index (χ2v) is 6.42. The average Bonchev–Trinajstić information content (AvgIpc) is 3.08. The number of fused-ring (bicyclic) bond motifs is 1. The van der Waals surface area contributed by atoms with Gasteiger partial charge in [0, 0.05) is 45.5 Å². The summed E-state index contributed by atoms with van der Waals surface area (Å²) in [5.74, 6) is 0.710. The van der Waals surface area contributed by atoms with Gasteiger partial charge in [-0.3, -0.25) is 4.79 Å². The molecule has 1 aromatic carbocycles. The Bertz CT molecular complexity index is 795. The van der Waals surface area contributed by atoms with Crippen LogP contribution in [0.25, 0.3) is 10.9 Å². The molecule has 108 valence electrons. The molecule has 1 amide bonds. The van der Waals surface area contributed by atoms with Gasteiger partial charge in [-0.15, -0.1) is 0 Å². The lowest BCUT2D eigenvalue weighted by molar-refractivity contribution is 0.0784. The van der Waals surface area contributed by atoms with E-state index in [2.05, 4.69) is 46.8 Å². The van der Waals surface area contributed by atoms with E-state index in [1.165, 1.54) is 0 Å². The molecule has 0 unspecified atom stereocenters. The van der Waals surface area contributed by atoms with Crippen LogP contribution in [0.5, 0.6) is 0 Å². The summed E-state index contributed by atoms with van der Waals surface area (Å²) in [4.78, 5) is 24.5. The van der Waals surface area contributed by atoms with Crippen molar-refractivity contribution < 1.29 is 4.79 Å². The third-order valence-corrected chi connectivity index (χ3v) is 5.09. The number of carbonyl (C=O) groups is 1.